The van der Waals surface area contributed by atoms with Gasteiger partial charge in [-0.1, -0.05) is 18.2 Å². The number of non-ortho nitro benzene ring substituents is 1. The Morgan fingerprint density at radius 2 is 1.89 bits per heavy atom. The molecule has 1 N–H and O–H groups in total. The first-order valence-electron chi connectivity index (χ1n) is 7.94. The van der Waals surface area contributed by atoms with E-state index in [1.54, 1.807) is 6.07 Å². The average Bonchev–Trinajstić information content (AvgIpc) is 2.68. The van der Waals surface area contributed by atoms with Gasteiger partial charge >= 0.3 is 5.97 Å². The lowest BCUT2D eigenvalue weighted by Gasteiger charge is -2.10. The van der Waals surface area contributed by atoms with E-state index < -0.39 is 25.8 Å². The Bertz CT molecular complexity index is 1000. The molecule has 0 aliphatic rings. The molecular formula is C17H17N3O7S. The second-order valence-electron chi connectivity index (χ2n) is 5.21. The first-order chi connectivity index (χ1) is 13.3. The van der Waals surface area contributed by atoms with E-state index in [2.05, 4.69) is 10.5 Å². The molecule has 11 heteroatoms. The molecule has 0 atom stereocenters. The van der Waals surface area contributed by atoms with Gasteiger partial charge in [0.15, 0.2) is 0 Å². The quantitative estimate of drug-likeness (QED) is 0.253. The van der Waals surface area contributed by atoms with Gasteiger partial charge in [-0.15, -0.1) is 0 Å². The molecule has 0 heterocycles. The van der Waals surface area contributed by atoms with Crippen molar-refractivity contribution in [2.24, 2.45) is 5.10 Å². The molecule has 28 heavy (non-hydrogen) atoms. The first-order valence-corrected chi connectivity index (χ1v) is 9.43. The van der Waals surface area contributed by atoms with Crippen LogP contribution in [0.3, 0.4) is 0 Å². The van der Waals surface area contributed by atoms with Crippen molar-refractivity contribution >= 4 is 32.2 Å². The van der Waals surface area contributed by atoms with Crippen LogP contribution in [0.15, 0.2) is 58.5 Å². The van der Waals surface area contributed by atoms with Crippen molar-refractivity contribution in [2.75, 3.05) is 19.1 Å². The van der Waals surface area contributed by atoms with E-state index in [-0.39, 0.29) is 28.6 Å². The van der Waals surface area contributed by atoms with E-state index in [4.69, 9.17) is 9.47 Å². The highest BCUT2D eigenvalue weighted by Crippen LogP contribution is 2.29. The van der Waals surface area contributed by atoms with Crippen molar-refractivity contribution in [3.05, 3.63) is 58.6 Å². The topological polar surface area (TPSA) is 137 Å². The molecule has 0 aromatic heterocycles. The van der Waals surface area contributed by atoms with Gasteiger partial charge in [0.05, 0.1) is 23.5 Å². The first kappa shape index (κ1) is 20.8. The molecule has 2 aromatic carbocycles. The average molecular weight is 407 g/mol. The van der Waals surface area contributed by atoms with Crippen LogP contribution in [-0.2, 0) is 19.4 Å². The van der Waals surface area contributed by atoms with Crippen LogP contribution in [0.2, 0.25) is 0 Å². The van der Waals surface area contributed by atoms with Gasteiger partial charge in [0, 0.05) is 12.1 Å². The second kappa shape index (κ2) is 8.95. The number of carbonyl (C=O) groups excluding carboxylic acids is 1. The van der Waals surface area contributed by atoms with Crippen molar-refractivity contribution in [3.8, 4) is 5.75 Å². The molecule has 0 amide bonds. The van der Waals surface area contributed by atoms with Crippen LogP contribution in [0.5, 0.6) is 5.75 Å². The fourth-order valence-corrected chi connectivity index (χ4v) is 3.31. The molecule has 0 bridgehead atoms. The Kier molecular flexibility index (Phi) is 6.66. The van der Waals surface area contributed by atoms with Gasteiger partial charge in [-0.25, -0.2) is 13.2 Å². The number of esters is 1. The highest BCUT2D eigenvalue weighted by Gasteiger charge is 2.31. The van der Waals surface area contributed by atoms with Crippen LogP contribution in [-0.4, -0.2) is 38.1 Å². The Morgan fingerprint density at radius 1 is 1.21 bits per heavy atom. The second-order valence-corrected chi connectivity index (χ2v) is 7.07. The van der Waals surface area contributed by atoms with Crippen LogP contribution in [0.4, 0.5) is 11.4 Å². The molecule has 148 valence electrons. The zero-order chi connectivity index (χ0) is 20.7. The zero-order valence-corrected chi connectivity index (χ0v) is 15.8. The lowest BCUT2D eigenvalue weighted by molar-refractivity contribution is -0.384. The van der Waals surface area contributed by atoms with Gasteiger partial charge in [-0.05, 0) is 25.1 Å². The molecule has 0 fully saturated rings. The third-order valence-electron chi connectivity index (χ3n) is 3.43. The number of benzene rings is 2. The van der Waals surface area contributed by atoms with Gasteiger partial charge < -0.3 is 9.47 Å². The third-order valence-corrected chi connectivity index (χ3v) is 5.09. The molecule has 10 nitrogen and oxygen atoms in total. The molecule has 0 spiro atoms. The van der Waals surface area contributed by atoms with E-state index in [9.17, 15) is 23.3 Å². The number of nitro benzene ring substituents is 1. The van der Waals surface area contributed by atoms with Crippen LogP contribution >= 0.6 is 0 Å². The van der Waals surface area contributed by atoms with Crippen molar-refractivity contribution in [1.82, 2.24) is 0 Å². The summed E-state index contributed by atoms with van der Waals surface area (Å²) in [6, 6.07) is 10.8. The van der Waals surface area contributed by atoms with Crippen LogP contribution in [0.1, 0.15) is 6.92 Å². The predicted molar refractivity (Wildman–Crippen MR) is 101 cm³/mol. The number of rotatable bonds is 6. The van der Waals surface area contributed by atoms with Crippen molar-refractivity contribution in [2.45, 2.75) is 11.8 Å². The number of carbonyl (C=O) groups is 1. The summed E-state index contributed by atoms with van der Waals surface area (Å²) < 4.78 is 35.4. The molecular weight excluding hydrogens is 390 g/mol. The molecule has 0 unspecified atom stereocenters. The van der Waals surface area contributed by atoms with Gasteiger partial charge in [-0.3, -0.25) is 15.5 Å². The summed E-state index contributed by atoms with van der Waals surface area (Å²) in [6.07, 6.45) is 0. The fourth-order valence-electron chi connectivity index (χ4n) is 2.13. The minimum absolute atomic E-state index is 0.00163. The van der Waals surface area contributed by atoms with E-state index in [1.807, 2.05) is 0 Å². The number of hydrogen-bond donors (Lipinski definition) is 1. The fraction of sp³-hybridized carbons (Fsp3) is 0.176. The third kappa shape index (κ3) is 4.62. The molecule has 2 rings (SSSR count). The van der Waals surface area contributed by atoms with Gasteiger partial charge in [0.2, 0.25) is 9.84 Å². The molecule has 0 aliphatic carbocycles. The van der Waals surface area contributed by atoms with Gasteiger partial charge in [0.1, 0.15) is 11.4 Å². The number of nitrogens with zero attached hydrogens (tertiary/aromatic N) is 2. The number of methoxy groups -OCH3 is 1. The molecule has 0 saturated carbocycles. The lowest BCUT2D eigenvalue weighted by atomic mass is 10.2. The summed E-state index contributed by atoms with van der Waals surface area (Å²) in [5, 5.41) is 13.7. The Balaban J connectivity index is 2.51. The van der Waals surface area contributed by atoms with Crippen LogP contribution < -0.4 is 10.2 Å². The van der Waals surface area contributed by atoms with E-state index in [1.165, 1.54) is 50.4 Å². The van der Waals surface area contributed by atoms with E-state index >= 15 is 0 Å². The number of nitro groups is 1. The summed E-state index contributed by atoms with van der Waals surface area (Å²) in [6.45, 7) is 1.45. The zero-order valence-electron chi connectivity index (χ0n) is 15.0. The minimum atomic E-state index is -4.30. The maximum absolute atomic E-state index is 12.8. The molecule has 0 aliphatic heterocycles. The number of hydrogen-bond acceptors (Lipinski definition) is 9. The Hall–Kier alpha value is -3.47. The van der Waals surface area contributed by atoms with Gasteiger partial charge in [-0.2, -0.15) is 5.10 Å². The normalized spacial score (nSPS) is 11.6. The maximum atomic E-state index is 12.8. The molecule has 0 saturated heterocycles. The number of sulfone groups is 1. The predicted octanol–water partition coefficient (Wildman–Crippen LogP) is 2.37. The van der Waals surface area contributed by atoms with Crippen molar-refractivity contribution in [3.63, 3.8) is 0 Å². The summed E-state index contributed by atoms with van der Waals surface area (Å²) >= 11 is 0. The largest absolute Gasteiger partial charge is 0.495 e. The smallest absolute Gasteiger partial charge is 0.371 e. The van der Waals surface area contributed by atoms with E-state index in [0.717, 1.165) is 6.07 Å². The molecule has 2 aromatic rings. The number of anilines is 1. The summed E-state index contributed by atoms with van der Waals surface area (Å²) in [5.41, 5.74) is 2.08. The SMILES string of the molecule is CCOC(=O)C(=NNc1cc([N+](=O)[O-])ccc1OC)S(=O)(=O)c1ccccc1. The maximum Gasteiger partial charge on any atom is 0.371 e. The number of nitrogens with one attached hydrogen (secondary N) is 1. The number of hydrazone groups is 1. The van der Waals surface area contributed by atoms with Crippen LogP contribution in [0.25, 0.3) is 0 Å². The molecule has 0 radical (unpaired) electrons. The van der Waals surface area contributed by atoms with Crippen molar-refractivity contribution in [1.29, 1.82) is 0 Å². The van der Waals surface area contributed by atoms with E-state index in [0.29, 0.717) is 0 Å². The highest BCUT2D eigenvalue weighted by atomic mass is 32.2. The minimum Gasteiger partial charge on any atom is -0.495 e. The Morgan fingerprint density at radius 3 is 2.46 bits per heavy atom. The lowest BCUT2D eigenvalue weighted by Crippen LogP contribution is -2.28. The Labute approximate surface area is 160 Å². The summed E-state index contributed by atoms with van der Waals surface area (Å²) in [5.74, 6) is -1.00. The summed E-state index contributed by atoms with van der Waals surface area (Å²) in [4.78, 5) is 22.4. The van der Waals surface area contributed by atoms with Gasteiger partial charge in [0.25, 0.3) is 10.7 Å². The van der Waals surface area contributed by atoms with Crippen molar-refractivity contribution < 1.29 is 27.6 Å². The summed E-state index contributed by atoms with van der Waals surface area (Å²) in [7, 11) is -2.98. The standard InChI is InChI=1S/C17H17N3O7S/c1-3-27-17(21)16(28(24,25)13-7-5-4-6-8-13)19-18-14-11-12(20(22)23)9-10-15(14)26-2/h4-11,18H,3H2,1-2H3. The monoisotopic (exact) mass is 407 g/mol. The highest BCUT2D eigenvalue weighted by molar-refractivity contribution is 8.08. The number of ether oxygens (including phenoxy) is 2. The van der Waals surface area contributed by atoms with Crippen LogP contribution in [0, 0.1) is 10.1 Å².